The van der Waals surface area contributed by atoms with Crippen LogP contribution < -0.4 is 20.3 Å². The highest BCUT2D eigenvalue weighted by atomic mass is 16.6. The SMILES string of the molecule is COc1nc(N2CCC(NC(=O)OC(C)(C)C)CC2)nc2oc(-c3ccc(C4(NC(=O)OC(C)(C)C)CCC4)cc3)c(-c3ccccc3)c12. The standard InChI is InChI=1S/C38H47N5O6/c1-36(2,3)48-34(44)39-27-18-22-43(23-19-27)33-40-31(46-7)29-28(24-12-9-8-10-13-24)30(47-32(29)41-33)25-14-16-26(17-15-25)38(20-11-21-38)42-35(45)49-37(4,5)6/h8-10,12-17,27H,11,18-23H2,1-7H3,(H,39,44)(H,42,45). The normalized spacial score (nSPS) is 16.5. The molecule has 3 heterocycles. The van der Waals surface area contributed by atoms with Crippen LogP contribution in [-0.4, -0.2) is 59.6 Å². The largest absolute Gasteiger partial charge is 0.480 e. The molecule has 6 rings (SSSR count). The summed E-state index contributed by atoms with van der Waals surface area (Å²) in [6, 6.07) is 18.2. The van der Waals surface area contributed by atoms with Gasteiger partial charge in [0, 0.05) is 30.3 Å². The van der Waals surface area contributed by atoms with E-state index in [1.54, 1.807) is 7.11 Å². The third-order valence-corrected chi connectivity index (χ3v) is 8.91. The molecule has 0 spiro atoms. The lowest BCUT2D eigenvalue weighted by Crippen LogP contribution is -2.52. The van der Waals surface area contributed by atoms with Crippen molar-refractivity contribution in [3.05, 3.63) is 60.2 Å². The van der Waals surface area contributed by atoms with E-state index in [9.17, 15) is 9.59 Å². The van der Waals surface area contributed by atoms with Crippen LogP contribution in [0.15, 0.2) is 59.0 Å². The van der Waals surface area contributed by atoms with Gasteiger partial charge >= 0.3 is 12.2 Å². The Hall–Kier alpha value is -4.80. The van der Waals surface area contributed by atoms with Crippen LogP contribution in [0.25, 0.3) is 33.6 Å². The molecule has 11 heteroatoms. The first-order valence-electron chi connectivity index (χ1n) is 17.0. The summed E-state index contributed by atoms with van der Waals surface area (Å²) in [5.74, 6) is 1.59. The van der Waals surface area contributed by atoms with Gasteiger partial charge in [0.2, 0.25) is 17.5 Å². The van der Waals surface area contributed by atoms with Crippen molar-refractivity contribution in [1.29, 1.82) is 0 Å². The number of hydrogen-bond donors (Lipinski definition) is 2. The summed E-state index contributed by atoms with van der Waals surface area (Å²) in [6.07, 6.45) is 3.33. The Bertz CT molecular complexity index is 1790. The first-order chi connectivity index (χ1) is 23.2. The third-order valence-electron chi connectivity index (χ3n) is 8.91. The number of carbonyl (C=O) groups excluding carboxylic acids is 2. The minimum atomic E-state index is -0.576. The monoisotopic (exact) mass is 669 g/mol. The molecular formula is C38H47N5O6. The summed E-state index contributed by atoms with van der Waals surface area (Å²) in [5.41, 5.74) is 2.52. The van der Waals surface area contributed by atoms with Gasteiger partial charge in [-0.25, -0.2) is 9.59 Å². The lowest BCUT2D eigenvalue weighted by molar-refractivity contribution is 0.0376. The van der Waals surface area contributed by atoms with Gasteiger partial charge < -0.3 is 34.2 Å². The zero-order valence-corrected chi connectivity index (χ0v) is 29.5. The predicted octanol–water partition coefficient (Wildman–Crippen LogP) is 7.96. The molecule has 11 nitrogen and oxygen atoms in total. The maximum Gasteiger partial charge on any atom is 0.408 e. The molecule has 1 saturated heterocycles. The van der Waals surface area contributed by atoms with Crippen molar-refractivity contribution < 1.29 is 28.2 Å². The van der Waals surface area contributed by atoms with Crippen molar-refractivity contribution in [3.8, 4) is 28.3 Å². The Morgan fingerprint density at radius 3 is 2.06 bits per heavy atom. The van der Waals surface area contributed by atoms with Crippen LogP contribution in [0.3, 0.4) is 0 Å². The zero-order valence-electron chi connectivity index (χ0n) is 29.5. The van der Waals surface area contributed by atoms with Crippen LogP contribution in [0.4, 0.5) is 15.5 Å². The summed E-state index contributed by atoms with van der Waals surface area (Å²) in [6.45, 7) is 12.4. The smallest absolute Gasteiger partial charge is 0.408 e. The number of hydrogen-bond acceptors (Lipinski definition) is 9. The lowest BCUT2D eigenvalue weighted by atomic mass is 9.71. The van der Waals surface area contributed by atoms with Crippen LogP contribution in [0.5, 0.6) is 5.88 Å². The zero-order chi connectivity index (χ0) is 35.0. The summed E-state index contributed by atoms with van der Waals surface area (Å²) in [5, 5.41) is 6.82. The molecule has 1 saturated carbocycles. The number of anilines is 1. The van der Waals surface area contributed by atoms with Gasteiger partial charge in [0.1, 0.15) is 22.3 Å². The third kappa shape index (κ3) is 7.60. The molecule has 4 aromatic rings. The van der Waals surface area contributed by atoms with E-state index in [0.717, 1.165) is 54.4 Å². The highest BCUT2D eigenvalue weighted by Crippen LogP contribution is 2.46. The molecular weight excluding hydrogens is 622 g/mol. The van der Waals surface area contributed by atoms with Crippen molar-refractivity contribution in [2.24, 2.45) is 0 Å². The second-order valence-corrected chi connectivity index (χ2v) is 14.9. The minimum Gasteiger partial charge on any atom is -0.480 e. The highest BCUT2D eigenvalue weighted by Gasteiger charge is 2.41. The molecule has 0 atom stereocenters. The van der Waals surface area contributed by atoms with Crippen molar-refractivity contribution in [1.82, 2.24) is 20.6 Å². The van der Waals surface area contributed by atoms with Gasteiger partial charge in [0.15, 0.2) is 0 Å². The van der Waals surface area contributed by atoms with Gasteiger partial charge in [0.25, 0.3) is 0 Å². The van der Waals surface area contributed by atoms with Crippen LogP contribution in [0.1, 0.15) is 79.2 Å². The van der Waals surface area contributed by atoms with Gasteiger partial charge in [0.05, 0.1) is 12.6 Å². The van der Waals surface area contributed by atoms with Gasteiger partial charge in [-0.15, -0.1) is 0 Å². The molecule has 1 aliphatic carbocycles. The molecule has 2 N–H and O–H groups in total. The maximum absolute atomic E-state index is 12.7. The van der Waals surface area contributed by atoms with Crippen molar-refractivity contribution >= 4 is 29.2 Å². The second-order valence-electron chi connectivity index (χ2n) is 14.9. The first kappa shape index (κ1) is 34.1. The van der Waals surface area contributed by atoms with Crippen LogP contribution in [0.2, 0.25) is 0 Å². The Labute approximate surface area is 287 Å². The quantitative estimate of drug-likeness (QED) is 0.201. The summed E-state index contributed by atoms with van der Waals surface area (Å²) in [7, 11) is 1.61. The Kier molecular flexibility index (Phi) is 9.21. The number of benzene rings is 2. The topological polar surface area (TPSA) is 128 Å². The number of alkyl carbamates (subject to hydrolysis) is 2. The number of amides is 2. The van der Waals surface area contributed by atoms with Gasteiger partial charge in [-0.1, -0.05) is 54.6 Å². The van der Waals surface area contributed by atoms with E-state index in [2.05, 4.69) is 27.7 Å². The molecule has 2 amide bonds. The number of furan rings is 1. The number of aromatic nitrogens is 2. The molecule has 49 heavy (non-hydrogen) atoms. The molecule has 0 bridgehead atoms. The fraction of sp³-hybridized carbons (Fsp3) is 0.474. The summed E-state index contributed by atoms with van der Waals surface area (Å²) >= 11 is 0. The van der Waals surface area contributed by atoms with Gasteiger partial charge in [-0.05, 0) is 84.8 Å². The number of rotatable bonds is 7. The molecule has 2 fully saturated rings. The van der Waals surface area contributed by atoms with Crippen molar-refractivity contribution in [3.63, 3.8) is 0 Å². The van der Waals surface area contributed by atoms with E-state index in [4.69, 9.17) is 28.6 Å². The first-order valence-corrected chi connectivity index (χ1v) is 17.0. The number of fused-ring (bicyclic) bond motifs is 1. The Morgan fingerprint density at radius 1 is 0.857 bits per heavy atom. The fourth-order valence-electron chi connectivity index (χ4n) is 6.49. The number of nitrogens with zero attached hydrogens (tertiary/aromatic N) is 3. The van der Waals surface area contributed by atoms with Gasteiger partial charge in [-0.2, -0.15) is 9.97 Å². The molecule has 2 aromatic carbocycles. The highest BCUT2D eigenvalue weighted by molar-refractivity contribution is 6.03. The summed E-state index contributed by atoms with van der Waals surface area (Å²) in [4.78, 5) is 36.9. The number of carbonyl (C=O) groups is 2. The number of ether oxygens (including phenoxy) is 3. The number of methoxy groups -OCH3 is 1. The molecule has 0 unspecified atom stereocenters. The number of piperidine rings is 1. The Balaban J connectivity index is 1.30. The molecule has 1 aliphatic heterocycles. The number of nitrogens with one attached hydrogen (secondary N) is 2. The molecule has 2 aromatic heterocycles. The fourth-order valence-corrected chi connectivity index (χ4v) is 6.49. The molecule has 0 radical (unpaired) electrons. The van der Waals surface area contributed by atoms with E-state index in [-0.39, 0.29) is 6.04 Å². The average Bonchev–Trinajstić information content (AvgIpc) is 3.41. The van der Waals surface area contributed by atoms with E-state index in [1.807, 2.05) is 84.0 Å². The average molecular weight is 670 g/mol. The lowest BCUT2D eigenvalue weighted by Gasteiger charge is -2.43. The predicted molar refractivity (Wildman–Crippen MR) is 189 cm³/mol. The van der Waals surface area contributed by atoms with Crippen LogP contribution >= 0.6 is 0 Å². The van der Waals surface area contributed by atoms with E-state index < -0.39 is 28.9 Å². The van der Waals surface area contributed by atoms with Crippen molar-refractivity contribution in [2.45, 2.75) is 96.4 Å². The van der Waals surface area contributed by atoms with Crippen LogP contribution in [0, 0.1) is 0 Å². The maximum atomic E-state index is 12.7. The molecule has 2 aliphatic rings. The molecule has 260 valence electrons. The van der Waals surface area contributed by atoms with Crippen LogP contribution in [-0.2, 0) is 15.0 Å². The summed E-state index contributed by atoms with van der Waals surface area (Å²) < 4.78 is 23.5. The van der Waals surface area contributed by atoms with E-state index in [1.165, 1.54) is 0 Å². The van der Waals surface area contributed by atoms with E-state index in [0.29, 0.717) is 41.8 Å². The Morgan fingerprint density at radius 2 is 1.49 bits per heavy atom. The van der Waals surface area contributed by atoms with Crippen molar-refractivity contribution in [2.75, 3.05) is 25.1 Å². The minimum absolute atomic E-state index is 0.00185. The van der Waals surface area contributed by atoms with E-state index >= 15 is 0 Å². The van der Waals surface area contributed by atoms with Gasteiger partial charge in [-0.3, -0.25) is 0 Å². The second kappa shape index (κ2) is 13.2.